The largest absolute Gasteiger partial charge is 0.484 e. The van der Waals surface area contributed by atoms with Gasteiger partial charge >= 0.3 is 12.1 Å². The molecule has 2 bridgehead atoms. The summed E-state index contributed by atoms with van der Waals surface area (Å²) in [5.41, 5.74) is 1.69. The Morgan fingerprint density at radius 3 is 2.42 bits per heavy atom. The van der Waals surface area contributed by atoms with E-state index >= 15 is 0 Å². The van der Waals surface area contributed by atoms with Crippen molar-refractivity contribution in [2.45, 2.75) is 62.9 Å². The van der Waals surface area contributed by atoms with Crippen LogP contribution in [0.15, 0.2) is 48.6 Å². The minimum Gasteiger partial charge on any atom is -0.484 e. The Labute approximate surface area is 292 Å². The molecule has 2 aliphatic heterocycles. The zero-order valence-corrected chi connectivity index (χ0v) is 29.1. The van der Waals surface area contributed by atoms with Gasteiger partial charge in [-0.15, -0.1) is 0 Å². The van der Waals surface area contributed by atoms with Gasteiger partial charge in [-0.25, -0.2) is 9.59 Å². The molecule has 0 saturated carbocycles. The van der Waals surface area contributed by atoms with Crippen LogP contribution in [0.25, 0.3) is 0 Å². The molecule has 2 amide bonds. The van der Waals surface area contributed by atoms with Crippen molar-refractivity contribution < 1.29 is 47.9 Å². The van der Waals surface area contributed by atoms with Gasteiger partial charge in [0.1, 0.15) is 23.6 Å². The van der Waals surface area contributed by atoms with Crippen molar-refractivity contribution in [3.63, 3.8) is 0 Å². The molecule has 6 rings (SSSR count). The maximum Gasteiger partial charge on any atom is 0.407 e. The molecule has 4 aliphatic rings. The zero-order chi connectivity index (χ0) is 35.5. The Balaban J connectivity index is 0.911. The number of nitrogens with one attached hydrogen (secondary N) is 2. The van der Waals surface area contributed by atoms with E-state index in [1.165, 1.54) is 5.56 Å². The molecular formula is C37H47N3O10. The predicted octanol–water partition coefficient (Wildman–Crippen LogP) is 2.76. The van der Waals surface area contributed by atoms with Crippen LogP contribution < -0.4 is 24.8 Å². The molecule has 13 heteroatoms. The van der Waals surface area contributed by atoms with Crippen LogP contribution in [0, 0.1) is 5.92 Å². The fourth-order valence-electron chi connectivity index (χ4n) is 7.48. The van der Waals surface area contributed by atoms with Gasteiger partial charge in [0.25, 0.3) is 5.91 Å². The van der Waals surface area contributed by atoms with Crippen molar-refractivity contribution in [2.75, 3.05) is 59.7 Å². The van der Waals surface area contributed by atoms with E-state index in [1.807, 2.05) is 12.1 Å². The molecule has 270 valence electrons. The van der Waals surface area contributed by atoms with Crippen molar-refractivity contribution in [1.82, 2.24) is 15.5 Å². The molecule has 1 fully saturated rings. The molecule has 2 aromatic rings. The Bertz CT molecular complexity index is 1590. The van der Waals surface area contributed by atoms with Crippen LogP contribution >= 0.6 is 0 Å². The number of benzene rings is 2. The highest BCUT2D eigenvalue weighted by molar-refractivity contribution is 5.91. The van der Waals surface area contributed by atoms with Gasteiger partial charge in [0.05, 0.1) is 32.0 Å². The van der Waals surface area contributed by atoms with Crippen LogP contribution in [0.1, 0.15) is 48.7 Å². The third kappa shape index (κ3) is 7.60. The number of likely N-dealkylation sites (tertiary alicyclic amines) is 1. The number of piperidine rings is 1. The van der Waals surface area contributed by atoms with E-state index in [2.05, 4.69) is 28.7 Å². The SMILES string of the molecule is CN1CC[C@]23c4c5ccc(OC(=O)c6ccc(OCC(=O)NCCOCCOCCNC(=O)OC(C)(C)C)cc6)c4O[C@H]2[C@@H](O)C=C[C@H]3[C@H]1C5. The van der Waals surface area contributed by atoms with Crippen LogP contribution in [0.5, 0.6) is 17.2 Å². The normalized spacial score (nSPS) is 24.5. The number of esters is 1. The number of hydrogen-bond acceptors (Lipinski definition) is 11. The molecule has 0 unspecified atom stereocenters. The Kier molecular flexibility index (Phi) is 10.7. The molecule has 1 spiro atoms. The number of aliphatic hydroxyl groups excluding tert-OH is 1. The number of aliphatic hydroxyl groups is 1. The average molecular weight is 694 g/mol. The standard InChI is InChI=1S/C37H47N3O10/c1-36(2,3)50-35(44)39-15-18-46-20-19-45-17-14-38-30(42)22-47-25-8-5-23(6-9-25)34(43)48-29-12-7-24-21-27-26-10-11-28(41)33-37(26,13-16-40(27)4)31(24)32(29)49-33/h5-12,26-28,33,41H,13-22H2,1-4H3,(H,38,42)(H,39,44)/t26-,27+,28-,33-,37-/m0/s1. The number of nitrogens with zero attached hydrogens (tertiary/aromatic N) is 1. The van der Waals surface area contributed by atoms with Gasteiger partial charge in [-0.05, 0) is 83.1 Å². The predicted molar refractivity (Wildman–Crippen MR) is 182 cm³/mol. The lowest BCUT2D eigenvalue weighted by atomic mass is 9.53. The summed E-state index contributed by atoms with van der Waals surface area (Å²) in [6.07, 6.45) is 4.09. The molecular weight excluding hydrogens is 646 g/mol. The molecule has 2 heterocycles. The number of likely N-dealkylation sites (N-methyl/N-ethyl adjacent to an activating group) is 1. The van der Waals surface area contributed by atoms with Crippen molar-refractivity contribution in [1.29, 1.82) is 0 Å². The molecule has 0 aromatic heterocycles. The third-order valence-corrected chi connectivity index (χ3v) is 9.65. The number of carbonyl (C=O) groups is 3. The van der Waals surface area contributed by atoms with Crippen LogP contribution in [0.3, 0.4) is 0 Å². The first-order valence-corrected chi connectivity index (χ1v) is 17.2. The van der Waals surface area contributed by atoms with E-state index in [9.17, 15) is 19.5 Å². The smallest absolute Gasteiger partial charge is 0.407 e. The third-order valence-electron chi connectivity index (χ3n) is 9.65. The lowest BCUT2D eigenvalue weighted by molar-refractivity contribution is -0.123. The van der Waals surface area contributed by atoms with Crippen molar-refractivity contribution in [3.05, 3.63) is 65.2 Å². The molecule has 3 N–H and O–H groups in total. The summed E-state index contributed by atoms with van der Waals surface area (Å²) >= 11 is 0. The average Bonchev–Trinajstić information content (AvgIpc) is 3.43. The van der Waals surface area contributed by atoms with E-state index in [1.54, 1.807) is 51.1 Å². The van der Waals surface area contributed by atoms with Gasteiger partial charge in [0.2, 0.25) is 0 Å². The molecule has 2 aromatic carbocycles. The Morgan fingerprint density at radius 1 is 0.980 bits per heavy atom. The second kappa shape index (κ2) is 15.0. The van der Waals surface area contributed by atoms with E-state index in [4.69, 9.17) is 28.4 Å². The molecule has 2 aliphatic carbocycles. The Morgan fingerprint density at radius 2 is 1.70 bits per heavy atom. The van der Waals surface area contributed by atoms with E-state index in [0.29, 0.717) is 68.4 Å². The second-order valence-corrected chi connectivity index (χ2v) is 14.1. The lowest BCUT2D eigenvalue weighted by Crippen LogP contribution is -2.64. The monoisotopic (exact) mass is 693 g/mol. The summed E-state index contributed by atoms with van der Waals surface area (Å²) in [4.78, 5) is 39.4. The quantitative estimate of drug-likeness (QED) is 0.116. The van der Waals surface area contributed by atoms with E-state index in [-0.39, 0.29) is 23.8 Å². The first kappa shape index (κ1) is 35.6. The van der Waals surface area contributed by atoms with Gasteiger partial charge in [-0.1, -0.05) is 18.2 Å². The highest BCUT2D eigenvalue weighted by Crippen LogP contribution is 2.62. The lowest BCUT2D eigenvalue weighted by Gasteiger charge is -2.56. The minimum absolute atomic E-state index is 0.200. The number of rotatable bonds is 14. The zero-order valence-electron chi connectivity index (χ0n) is 29.1. The molecule has 13 nitrogen and oxygen atoms in total. The van der Waals surface area contributed by atoms with E-state index in [0.717, 1.165) is 24.9 Å². The summed E-state index contributed by atoms with van der Waals surface area (Å²) in [5, 5.41) is 16.3. The Hall–Kier alpha value is -4.17. The minimum atomic E-state index is -0.737. The highest BCUT2D eigenvalue weighted by Gasteiger charge is 2.64. The van der Waals surface area contributed by atoms with Gasteiger partial charge in [-0.3, -0.25) is 4.79 Å². The number of amides is 2. The van der Waals surface area contributed by atoms with Crippen LogP contribution in [-0.2, 0) is 30.8 Å². The first-order chi connectivity index (χ1) is 24.0. The van der Waals surface area contributed by atoms with Crippen molar-refractivity contribution in [2.24, 2.45) is 5.92 Å². The molecule has 5 atom stereocenters. The summed E-state index contributed by atoms with van der Waals surface area (Å²) in [6.45, 7) is 8.04. The van der Waals surface area contributed by atoms with Gasteiger partial charge < -0.3 is 49.1 Å². The summed E-state index contributed by atoms with van der Waals surface area (Å²) in [7, 11) is 2.16. The van der Waals surface area contributed by atoms with Gasteiger partial charge in [0, 0.05) is 36.0 Å². The highest BCUT2D eigenvalue weighted by atomic mass is 16.6. The topological polar surface area (TPSA) is 154 Å². The molecule has 1 saturated heterocycles. The van der Waals surface area contributed by atoms with Crippen LogP contribution in [0.4, 0.5) is 4.79 Å². The number of carbonyl (C=O) groups excluding carboxylic acids is 3. The van der Waals surface area contributed by atoms with E-state index < -0.39 is 29.9 Å². The fourth-order valence-corrected chi connectivity index (χ4v) is 7.48. The maximum atomic E-state index is 13.2. The van der Waals surface area contributed by atoms with Crippen molar-refractivity contribution >= 4 is 18.0 Å². The van der Waals surface area contributed by atoms with Gasteiger partial charge in [0.15, 0.2) is 18.1 Å². The molecule has 0 radical (unpaired) electrons. The summed E-state index contributed by atoms with van der Waals surface area (Å²) < 4.78 is 33.9. The summed E-state index contributed by atoms with van der Waals surface area (Å²) in [6, 6.07) is 10.5. The number of ether oxygens (including phenoxy) is 6. The summed E-state index contributed by atoms with van der Waals surface area (Å²) in [5.74, 6) is 0.695. The number of alkyl carbamates (subject to hydrolysis) is 1. The second-order valence-electron chi connectivity index (χ2n) is 14.1. The van der Waals surface area contributed by atoms with Crippen molar-refractivity contribution in [3.8, 4) is 17.2 Å². The fraction of sp³-hybridized carbons (Fsp3) is 0.541. The molecule has 50 heavy (non-hydrogen) atoms. The maximum absolute atomic E-state index is 13.2. The number of hydrogen-bond donors (Lipinski definition) is 3. The van der Waals surface area contributed by atoms with Gasteiger partial charge in [-0.2, -0.15) is 0 Å². The van der Waals surface area contributed by atoms with Crippen LogP contribution in [0.2, 0.25) is 0 Å². The first-order valence-electron chi connectivity index (χ1n) is 17.2. The van der Waals surface area contributed by atoms with Crippen LogP contribution in [-0.4, -0.2) is 112 Å².